The fraction of sp³-hybridized carbons (Fsp3) is 0.818. The first-order valence-corrected chi connectivity index (χ1v) is 6.92. The monoisotopic (exact) mass is 242 g/mol. The van der Waals surface area contributed by atoms with Crippen LogP contribution in [0.15, 0.2) is 0 Å². The van der Waals surface area contributed by atoms with Gasteiger partial charge in [-0.2, -0.15) is 11.8 Å². The van der Waals surface area contributed by atoms with E-state index in [2.05, 4.69) is 19.2 Å². The van der Waals surface area contributed by atoms with E-state index in [4.69, 9.17) is 0 Å². The van der Waals surface area contributed by atoms with Gasteiger partial charge in [0.15, 0.2) is 0 Å². The Balaban J connectivity index is 2.05. The minimum Gasteiger partial charge on any atom is -0.322 e. The molecule has 2 heterocycles. The third kappa shape index (κ3) is 1.93. The van der Waals surface area contributed by atoms with Gasteiger partial charge in [-0.25, -0.2) is 4.79 Å². The average molecular weight is 242 g/mol. The van der Waals surface area contributed by atoms with Gasteiger partial charge in [0.2, 0.25) is 0 Å². The van der Waals surface area contributed by atoms with E-state index in [1.165, 1.54) is 4.90 Å². The molecule has 1 atom stereocenters. The van der Waals surface area contributed by atoms with Crippen LogP contribution in [0.1, 0.15) is 26.7 Å². The highest BCUT2D eigenvalue weighted by molar-refractivity contribution is 7.99. The van der Waals surface area contributed by atoms with Crippen molar-refractivity contribution in [3.05, 3.63) is 0 Å². The Morgan fingerprint density at radius 1 is 1.50 bits per heavy atom. The number of hydrogen-bond donors (Lipinski definition) is 1. The maximum atomic E-state index is 12.2. The molecule has 2 saturated heterocycles. The summed E-state index contributed by atoms with van der Waals surface area (Å²) in [6.45, 7) is 4.74. The molecule has 0 aromatic heterocycles. The number of imide groups is 1. The second kappa shape index (κ2) is 4.28. The first kappa shape index (κ1) is 11.8. The van der Waals surface area contributed by atoms with E-state index in [1.54, 1.807) is 11.8 Å². The average Bonchev–Trinajstić information content (AvgIpc) is 2.74. The molecule has 1 N–H and O–H groups in total. The van der Waals surface area contributed by atoms with Gasteiger partial charge < -0.3 is 5.32 Å². The van der Waals surface area contributed by atoms with E-state index in [9.17, 15) is 9.59 Å². The van der Waals surface area contributed by atoms with Gasteiger partial charge in [-0.3, -0.25) is 9.69 Å². The van der Waals surface area contributed by atoms with Gasteiger partial charge in [0, 0.05) is 12.3 Å². The van der Waals surface area contributed by atoms with Crippen LogP contribution >= 0.6 is 11.8 Å². The van der Waals surface area contributed by atoms with Crippen LogP contribution in [0.3, 0.4) is 0 Å². The molecule has 0 radical (unpaired) electrons. The molecule has 0 aromatic rings. The van der Waals surface area contributed by atoms with Crippen molar-refractivity contribution >= 4 is 23.7 Å². The Hall–Kier alpha value is -0.710. The molecular formula is C11H18N2O2S. The number of rotatable bonds is 3. The standard InChI is InChI=1S/C11H18N2O2S/c1-8(2)3-5-13-9(14)11(12-10(13)15)4-6-16-7-11/h8H,3-7H2,1-2H3,(H,12,15). The maximum absolute atomic E-state index is 12.2. The lowest BCUT2D eigenvalue weighted by atomic mass is 9.99. The van der Waals surface area contributed by atoms with Gasteiger partial charge in [0.05, 0.1) is 0 Å². The number of thioether (sulfide) groups is 1. The molecule has 0 saturated carbocycles. The van der Waals surface area contributed by atoms with E-state index in [0.717, 1.165) is 24.3 Å². The van der Waals surface area contributed by atoms with Crippen molar-refractivity contribution in [2.45, 2.75) is 32.2 Å². The van der Waals surface area contributed by atoms with Crippen molar-refractivity contribution in [1.82, 2.24) is 10.2 Å². The summed E-state index contributed by atoms with van der Waals surface area (Å²) < 4.78 is 0. The first-order valence-electron chi connectivity index (χ1n) is 5.77. The van der Waals surface area contributed by atoms with Gasteiger partial charge in [-0.1, -0.05) is 13.8 Å². The molecule has 2 aliphatic heterocycles. The fourth-order valence-electron chi connectivity index (χ4n) is 2.10. The quantitative estimate of drug-likeness (QED) is 0.762. The van der Waals surface area contributed by atoms with E-state index in [-0.39, 0.29) is 11.9 Å². The highest BCUT2D eigenvalue weighted by Gasteiger charge is 2.52. The molecule has 3 amide bonds. The molecule has 0 aliphatic carbocycles. The van der Waals surface area contributed by atoms with Crippen molar-refractivity contribution in [3.63, 3.8) is 0 Å². The van der Waals surface area contributed by atoms with Gasteiger partial charge in [0.25, 0.3) is 5.91 Å². The fourth-order valence-corrected chi connectivity index (χ4v) is 3.42. The molecule has 0 aromatic carbocycles. The third-order valence-electron chi connectivity index (χ3n) is 3.20. The minimum absolute atomic E-state index is 0.0110. The normalized spacial score (nSPS) is 29.6. The zero-order valence-corrected chi connectivity index (χ0v) is 10.6. The van der Waals surface area contributed by atoms with Crippen molar-refractivity contribution in [1.29, 1.82) is 0 Å². The smallest absolute Gasteiger partial charge is 0.322 e. The predicted molar refractivity (Wildman–Crippen MR) is 64.4 cm³/mol. The summed E-state index contributed by atoms with van der Waals surface area (Å²) in [7, 11) is 0. The topological polar surface area (TPSA) is 49.4 Å². The minimum atomic E-state index is -0.571. The zero-order valence-electron chi connectivity index (χ0n) is 9.78. The molecule has 0 bridgehead atoms. The summed E-state index contributed by atoms with van der Waals surface area (Å²) in [6.07, 6.45) is 1.66. The van der Waals surface area contributed by atoms with Crippen LogP contribution in [0, 0.1) is 5.92 Å². The number of amides is 3. The van der Waals surface area contributed by atoms with Gasteiger partial charge in [-0.05, 0) is 24.5 Å². The Kier molecular flexibility index (Phi) is 3.15. The molecule has 2 rings (SSSR count). The predicted octanol–water partition coefficient (Wildman–Crippen LogP) is 1.46. The van der Waals surface area contributed by atoms with Crippen LogP contribution < -0.4 is 5.32 Å². The van der Waals surface area contributed by atoms with E-state index in [1.807, 2.05) is 0 Å². The summed E-state index contributed by atoms with van der Waals surface area (Å²) in [4.78, 5) is 25.3. The van der Waals surface area contributed by atoms with E-state index in [0.29, 0.717) is 12.5 Å². The number of nitrogens with one attached hydrogen (secondary N) is 1. The van der Waals surface area contributed by atoms with Crippen molar-refractivity contribution in [2.75, 3.05) is 18.1 Å². The molecule has 5 heteroatoms. The molecule has 1 unspecified atom stereocenters. The van der Waals surface area contributed by atoms with Gasteiger partial charge in [0.1, 0.15) is 5.54 Å². The Morgan fingerprint density at radius 2 is 2.25 bits per heavy atom. The second-order valence-corrected chi connectivity index (χ2v) is 6.06. The third-order valence-corrected chi connectivity index (χ3v) is 4.39. The molecule has 4 nitrogen and oxygen atoms in total. The summed E-state index contributed by atoms with van der Waals surface area (Å²) in [6, 6.07) is -0.201. The summed E-state index contributed by atoms with van der Waals surface area (Å²) >= 11 is 1.74. The van der Waals surface area contributed by atoms with E-state index >= 15 is 0 Å². The molecule has 1 spiro atoms. The van der Waals surface area contributed by atoms with Crippen LogP contribution in [-0.2, 0) is 4.79 Å². The van der Waals surface area contributed by atoms with Gasteiger partial charge in [-0.15, -0.1) is 0 Å². The molecule has 2 aliphatic rings. The molecule has 2 fully saturated rings. The Bertz CT molecular complexity index is 311. The summed E-state index contributed by atoms with van der Waals surface area (Å²) in [5, 5.41) is 2.87. The van der Waals surface area contributed by atoms with Crippen molar-refractivity contribution in [3.8, 4) is 0 Å². The zero-order chi connectivity index (χ0) is 11.8. The Morgan fingerprint density at radius 3 is 2.81 bits per heavy atom. The van der Waals surface area contributed by atoms with Crippen molar-refractivity contribution in [2.24, 2.45) is 5.92 Å². The van der Waals surface area contributed by atoms with Crippen molar-refractivity contribution < 1.29 is 9.59 Å². The summed E-state index contributed by atoms with van der Waals surface area (Å²) in [5.74, 6) is 2.19. The second-order valence-electron chi connectivity index (χ2n) is 4.95. The first-order chi connectivity index (χ1) is 7.55. The number of carbonyl (C=O) groups is 2. The van der Waals surface area contributed by atoms with Crippen LogP contribution in [0.25, 0.3) is 0 Å². The largest absolute Gasteiger partial charge is 0.325 e. The number of nitrogens with zero attached hydrogens (tertiary/aromatic N) is 1. The van der Waals surface area contributed by atoms with Gasteiger partial charge >= 0.3 is 6.03 Å². The van der Waals surface area contributed by atoms with Crippen LogP contribution in [0.5, 0.6) is 0 Å². The van der Waals surface area contributed by atoms with Crippen LogP contribution in [-0.4, -0.2) is 40.4 Å². The number of urea groups is 1. The van der Waals surface area contributed by atoms with Crippen LogP contribution in [0.4, 0.5) is 4.79 Å². The SMILES string of the molecule is CC(C)CCN1C(=O)NC2(CCSC2)C1=O. The number of carbonyl (C=O) groups excluding carboxylic acids is 2. The highest BCUT2D eigenvalue weighted by atomic mass is 32.2. The van der Waals surface area contributed by atoms with E-state index < -0.39 is 5.54 Å². The molecule has 90 valence electrons. The Labute approximate surface area is 100 Å². The summed E-state index contributed by atoms with van der Waals surface area (Å²) in [5.41, 5.74) is -0.571. The van der Waals surface area contributed by atoms with Crippen LogP contribution in [0.2, 0.25) is 0 Å². The highest BCUT2D eigenvalue weighted by Crippen LogP contribution is 2.33. The molecule has 16 heavy (non-hydrogen) atoms. The molecular weight excluding hydrogens is 224 g/mol. The number of hydrogen-bond acceptors (Lipinski definition) is 3. The lowest BCUT2D eigenvalue weighted by Crippen LogP contribution is -2.47. The lowest BCUT2D eigenvalue weighted by Gasteiger charge is -2.19. The maximum Gasteiger partial charge on any atom is 0.325 e. The lowest BCUT2D eigenvalue weighted by molar-refractivity contribution is -0.130.